The number of hydrogen-bond donors (Lipinski definition) is 1. The van der Waals surface area contributed by atoms with Crippen LogP contribution in [-0.2, 0) is 7.05 Å². The standard InChI is InChI=1S/C17H16N6S/c1-11(17-22-14(9-24-17)12-6-4-3-5-7-12)21-15-13-8-20-23(2)16(13)19-10-18-15/h3-11H,1-2H3,(H,18,19,21)/t11-/m1/s1. The molecule has 1 N–H and O–H groups in total. The lowest BCUT2D eigenvalue weighted by Crippen LogP contribution is -2.08. The Hall–Kier alpha value is -2.80. The van der Waals surface area contributed by atoms with Crippen molar-refractivity contribution < 1.29 is 0 Å². The Kier molecular flexibility index (Phi) is 3.70. The molecule has 3 aromatic heterocycles. The van der Waals surface area contributed by atoms with Crippen molar-refractivity contribution in [2.75, 3.05) is 5.32 Å². The summed E-state index contributed by atoms with van der Waals surface area (Å²) in [7, 11) is 1.87. The number of nitrogens with zero attached hydrogens (tertiary/aromatic N) is 5. The average Bonchev–Trinajstić information content (AvgIpc) is 3.24. The van der Waals surface area contributed by atoms with Gasteiger partial charge >= 0.3 is 0 Å². The highest BCUT2D eigenvalue weighted by atomic mass is 32.1. The molecule has 1 atom stereocenters. The van der Waals surface area contributed by atoms with Crippen LogP contribution >= 0.6 is 11.3 Å². The maximum Gasteiger partial charge on any atom is 0.163 e. The summed E-state index contributed by atoms with van der Waals surface area (Å²) in [5, 5.41) is 11.7. The predicted octanol–water partition coefficient (Wildman–Crippen LogP) is 3.66. The number of rotatable bonds is 4. The molecule has 0 bridgehead atoms. The molecule has 0 spiro atoms. The molecule has 0 aliphatic carbocycles. The smallest absolute Gasteiger partial charge is 0.163 e. The highest BCUT2D eigenvalue weighted by molar-refractivity contribution is 7.10. The number of benzene rings is 1. The van der Waals surface area contributed by atoms with Gasteiger partial charge in [0.2, 0.25) is 0 Å². The van der Waals surface area contributed by atoms with Crippen LogP contribution in [0.25, 0.3) is 22.3 Å². The fraction of sp³-hybridized carbons (Fsp3) is 0.176. The molecule has 1 aromatic carbocycles. The molecule has 0 fully saturated rings. The summed E-state index contributed by atoms with van der Waals surface area (Å²) in [6, 6.07) is 10.2. The molecule has 4 rings (SSSR count). The summed E-state index contributed by atoms with van der Waals surface area (Å²) in [6.45, 7) is 2.08. The lowest BCUT2D eigenvalue weighted by molar-refractivity contribution is 0.785. The van der Waals surface area contributed by atoms with Gasteiger partial charge < -0.3 is 5.32 Å². The van der Waals surface area contributed by atoms with E-state index in [1.54, 1.807) is 28.5 Å². The third-order valence-electron chi connectivity index (χ3n) is 3.84. The summed E-state index contributed by atoms with van der Waals surface area (Å²) >= 11 is 1.64. The normalized spacial score (nSPS) is 12.4. The average molecular weight is 336 g/mol. The molecular formula is C17H16N6S. The SMILES string of the molecule is C[C@@H](Nc1ncnc2c1cnn2C)c1nc(-c2ccccc2)cs1. The number of aromatic nitrogens is 5. The van der Waals surface area contributed by atoms with E-state index in [9.17, 15) is 0 Å². The monoisotopic (exact) mass is 336 g/mol. The third kappa shape index (κ3) is 2.63. The molecule has 3 heterocycles. The van der Waals surface area contributed by atoms with Gasteiger partial charge in [0.15, 0.2) is 5.65 Å². The Morgan fingerprint density at radius 3 is 2.83 bits per heavy atom. The first-order chi connectivity index (χ1) is 11.7. The van der Waals surface area contributed by atoms with E-state index in [-0.39, 0.29) is 6.04 Å². The molecule has 4 aromatic rings. The Morgan fingerprint density at radius 1 is 1.17 bits per heavy atom. The molecule has 7 heteroatoms. The molecule has 0 saturated heterocycles. The fourth-order valence-corrected chi connectivity index (χ4v) is 3.41. The van der Waals surface area contributed by atoms with Crippen LogP contribution in [0.5, 0.6) is 0 Å². The number of aryl methyl sites for hydroxylation is 1. The summed E-state index contributed by atoms with van der Waals surface area (Å²) in [4.78, 5) is 13.4. The number of anilines is 1. The summed E-state index contributed by atoms with van der Waals surface area (Å²) in [6.07, 6.45) is 3.33. The highest BCUT2D eigenvalue weighted by Crippen LogP contribution is 2.28. The van der Waals surface area contributed by atoms with Crippen LogP contribution < -0.4 is 5.32 Å². The molecule has 0 saturated carbocycles. The second-order valence-corrected chi connectivity index (χ2v) is 6.42. The van der Waals surface area contributed by atoms with Crippen molar-refractivity contribution in [2.24, 2.45) is 7.05 Å². The van der Waals surface area contributed by atoms with Crippen molar-refractivity contribution in [3.63, 3.8) is 0 Å². The second kappa shape index (κ2) is 6.01. The van der Waals surface area contributed by atoms with E-state index in [1.165, 1.54) is 0 Å². The van der Waals surface area contributed by atoms with Crippen LogP contribution in [0, 0.1) is 0 Å². The molecule has 24 heavy (non-hydrogen) atoms. The van der Waals surface area contributed by atoms with Crippen molar-refractivity contribution in [1.29, 1.82) is 0 Å². The minimum Gasteiger partial charge on any atom is -0.360 e. The van der Waals surface area contributed by atoms with E-state index < -0.39 is 0 Å². The van der Waals surface area contributed by atoms with Crippen LogP contribution in [0.3, 0.4) is 0 Å². The second-order valence-electron chi connectivity index (χ2n) is 5.53. The van der Waals surface area contributed by atoms with E-state index in [0.717, 1.165) is 33.1 Å². The van der Waals surface area contributed by atoms with Gasteiger partial charge in [0.25, 0.3) is 0 Å². The van der Waals surface area contributed by atoms with Crippen LogP contribution in [0.15, 0.2) is 48.2 Å². The largest absolute Gasteiger partial charge is 0.360 e. The van der Waals surface area contributed by atoms with E-state index in [1.807, 2.05) is 25.2 Å². The molecule has 0 amide bonds. The third-order valence-corrected chi connectivity index (χ3v) is 4.87. The van der Waals surface area contributed by atoms with E-state index in [4.69, 9.17) is 4.98 Å². The Labute approximate surface area is 143 Å². The van der Waals surface area contributed by atoms with E-state index in [2.05, 4.69) is 44.8 Å². The summed E-state index contributed by atoms with van der Waals surface area (Å²) in [5.41, 5.74) is 2.94. The number of fused-ring (bicyclic) bond motifs is 1. The maximum absolute atomic E-state index is 4.75. The van der Waals surface area contributed by atoms with Gasteiger partial charge in [0.05, 0.1) is 23.3 Å². The van der Waals surface area contributed by atoms with Gasteiger partial charge in [-0.3, -0.25) is 4.68 Å². The molecular weight excluding hydrogens is 320 g/mol. The summed E-state index contributed by atoms with van der Waals surface area (Å²) < 4.78 is 1.74. The van der Waals surface area contributed by atoms with Crippen LogP contribution in [0.2, 0.25) is 0 Å². The molecule has 0 aliphatic rings. The molecule has 0 radical (unpaired) electrons. The van der Waals surface area contributed by atoms with Crippen LogP contribution in [0.4, 0.5) is 5.82 Å². The first-order valence-electron chi connectivity index (χ1n) is 7.62. The van der Waals surface area contributed by atoms with Crippen molar-refractivity contribution in [3.8, 4) is 11.3 Å². The predicted molar refractivity (Wildman–Crippen MR) is 95.9 cm³/mol. The van der Waals surface area contributed by atoms with E-state index >= 15 is 0 Å². The topological polar surface area (TPSA) is 68.5 Å². The zero-order valence-corrected chi connectivity index (χ0v) is 14.2. The maximum atomic E-state index is 4.75. The van der Waals surface area contributed by atoms with Crippen LogP contribution in [-0.4, -0.2) is 24.7 Å². The van der Waals surface area contributed by atoms with Crippen molar-refractivity contribution in [3.05, 3.63) is 53.2 Å². The number of thiazole rings is 1. The Bertz CT molecular complexity index is 975. The van der Waals surface area contributed by atoms with Crippen LogP contribution in [0.1, 0.15) is 18.0 Å². The quantitative estimate of drug-likeness (QED) is 0.616. The fourth-order valence-electron chi connectivity index (χ4n) is 2.57. The molecule has 0 aliphatic heterocycles. The lowest BCUT2D eigenvalue weighted by Gasteiger charge is -2.12. The van der Waals surface area contributed by atoms with Gasteiger partial charge in [-0.2, -0.15) is 5.10 Å². The van der Waals surface area contributed by atoms with Gasteiger partial charge in [-0.25, -0.2) is 15.0 Å². The minimum absolute atomic E-state index is 0.0470. The Balaban J connectivity index is 1.60. The first kappa shape index (κ1) is 14.8. The molecule has 0 unspecified atom stereocenters. The van der Waals surface area contributed by atoms with Gasteiger partial charge in [0, 0.05) is 18.0 Å². The lowest BCUT2D eigenvalue weighted by atomic mass is 10.2. The highest BCUT2D eigenvalue weighted by Gasteiger charge is 2.15. The van der Waals surface area contributed by atoms with Gasteiger partial charge in [-0.1, -0.05) is 30.3 Å². The molecule has 120 valence electrons. The van der Waals surface area contributed by atoms with Gasteiger partial charge in [-0.05, 0) is 6.92 Å². The van der Waals surface area contributed by atoms with Crippen molar-refractivity contribution >= 4 is 28.2 Å². The number of nitrogens with one attached hydrogen (secondary N) is 1. The Morgan fingerprint density at radius 2 is 2.00 bits per heavy atom. The number of hydrogen-bond acceptors (Lipinski definition) is 6. The van der Waals surface area contributed by atoms with Crippen molar-refractivity contribution in [2.45, 2.75) is 13.0 Å². The summed E-state index contributed by atoms with van der Waals surface area (Å²) in [5.74, 6) is 0.775. The zero-order valence-electron chi connectivity index (χ0n) is 13.3. The minimum atomic E-state index is 0.0470. The van der Waals surface area contributed by atoms with Gasteiger partial charge in [-0.15, -0.1) is 11.3 Å². The first-order valence-corrected chi connectivity index (χ1v) is 8.50. The van der Waals surface area contributed by atoms with Crippen molar-refractivity contribution in [1.82, 2.24) is 24.7 Å². The molecule has 6 nitrogen and oxygen atoms in total. The van der Waals surface area contributed by atoms with Gasteiger partial charge in [0.1, 0.15) is 17.2 Å². The zero-order chi connectivity index (χ0) is 16.5. The van der Waals surface area contributed by atoms with E-state index in [0.29, 0.717) is 0 Å².